The average Bonchev–Trinajstić information content (AvgIpc) is 2.70. The highest BCUT2D eigenvalue weighted by Crippen LogP contribution is 2.23. The topological polar surface area (TPSA) is 71.9 Å². The molecule has 0 unspecified atom stereocenters. The third-order valence-electron chi connectivity index (χ3n) is 3.76. The molecule has 0 saturated heterocycles. The Bertz CT molecular complexity index is 945. The van der Waals surface area contributed by atoms with Gasteiger partial charge in [-0.25, -0.2) is 5.06 Å². The van der Waals surface area contributed by atoms with Crippen molar-refractivity contribution in [3.8, 4) is 17.6 Å². The van der Waals surface area contributed by atoms with Crippen LogP contribution >= 0.6 is 0 Å². The van der Waals surface area contributed by atoms with Crippen molar-refractivity contribution in [3.05, 3.63) is 59.4 Å². The lowest BCUT2D eigenvalue weighted by Crippen LogP contribution is -2.35. The smallest absolute Gasteiger partial charge is 0.233 e. The van der Waals surface area contributed by atoms with E-state index in [0.717, 1.165) is 16.7 Å². The Labute approximate surface area is 184 Å². The fraction of sp³-hybridized carbons (Fsp3) is 0.360. The Morgan fingerprint density at radius 3 is 2.42 bits per heavy atom. The quantitative estimate of drug-likeness (QED) is 0.396. The van der Waals surface area contributed by atoms with Crippen molar-refractivity contribution in [3.63, 3.8) is 0 Å². The van der Waals surface area contributed by atoms with E-state index in [2.05, 4.69) is 16.8 Å². The molecular formula is C25H30N2O4. The standard InChI is InChI=1S/C25H30N2O4/c1-24(2,3)31-27(19-28)16-17-30-23-9-7-21(10-13-25(4,5)29)18-22(23)8-6-20-11-14-26-15-12-20/h6-9,11-12,14-15,18-19,29H,16-17H2,1-5H3/b8-6+. The van der Waals surface area contributed by atoms with E-state index in [1.807, 2.05) is 63.3 Å². The molecule has 0 bridgehead atoms. The van der Waals surface area contributed by atoms with Crippen molar-refractivity contribution in [1.29, 1.82) is 0 Å². The van der Waals surface area contributed by atoms with Crippen LogP contribution in [-0.2, 0) is 9.63 Å². The van der Waals surface area contributed by atoms with E-state index in [1.54, 1.807) is 26.2 Å². The molecule has 0 saturated carbocycles. The van der Waals surface area contributed by atoms with Crippen LogP contribution in [0.3, 0.4) is 0 Å². The third kappa shape index (κ3) is 9.47. The zero-order chi connectivity index (χ0) is 22.9. The van der Waals surface area contributed by atoms with Crippen molar-refractivity contribution < 1.29 is 19.5 Å². The molecular weight excluding hydrogens is 392 g/mol. The van der Waals surface area contributed by atoms with Crippen LogP contribution in [0.2, 0.25) is 0 Å². The first-order valence-corrected chi connectivity index (χ1v) is 10.1. The Morgan fingerprint density at radius 1 is 1.10 bits per heavy atom. The molecule has 6 heteroatoms. The summed E-state index contributed by atoms with van der Waals surface area (Å²) >= 11 is 0. The number of carbonyl (C=O) groups is 1. The number of amides is 1. The number of aliphatic hydroxyl groups is 1. The maximum Gasteiger partial charge on any atom is 0.233 e. The molecule has 1 N–H and O–H groups in total. The fourth-order valence-corrected chi connectivity index (χ4v) is 2.49. The van der Waals surface area contributed by atoms with Crippen LogP contribution in [0, 0.1) is 11.8 Å². The number of hydroxylamine groups is 2. The molecule has 0 aliphatic carbocycles. The van der Waals surface area contributed by atoms with Crippen LogP contribution in [0.1, 0.15) is 51.3 Å². The molecule has 164 valence electrons. The van der Waals surface area contributed by atoms with Gasteiger partial charge in [-0.3, -0.25) is 14.6 Å². The van der Waals surface area contributed by atoms with Gasteiger partial charge >= 0.3 is 0 Å². The average molecular weight is 423 g/mol. The normalized spacial score (nSPS) is 11.7. The predicted octanol–water partition coefficient (Wildman–Crippen LogP) is 3.94. The summed E-state index contributed by atoms with van der Waals surface area (Å²) in [5.74, 6) is 6.46. The second-order valence-electron chi connectivity index (χ2n) is 8.47. The minimum absolute atomic E-state index is 0.264. The first kappa shape index (κ1) is 24.1. The van der Waals surface area contributed by atoms with Gasteiger partial charge < -0.3 is 9.84 Å². The lowest BCUT2D eigenvalue weighted by molar-refractivity contribution is -0.217. The highest BCUT2D eigenvalue weighted by Gasteiger charge is 2.16. The zero-order valence-corrected chi connectivity index (χ0v) is 18.8. The van der Waals surface area contributed by atoms with Crippen LogP contribution in [0.4, 0.5) is 0 Å². The monoisotopic (exact) mass is 422 g/mol. The number of rotatable bonds is 8. The first-order chi connectivity index (χ1) is 14.6. The molecule has 0 spiro atoms. The first-order valence-electron chi connectivity index (χ1n) is 10.1. The molecule has 0 atom stereocenters. The second kappa shape index (κ2) is 10.8. The lowest BCUT2D eigenvalue weighted by atomic mass is 10.1. The van der Waals surface area contributed by atoms with E-state index in [-0.39, 0.29) is 13.2 Å². The lowest BCUT2D eigenvalue weighted by Gasteiger charge is -2.26. The number of hydrogen-bond acceptors (Lipinski definition) is 5. The summed E-state index contributed by atoms with van der Waals surface area (Å²) in [5.41, 5.74) is 1.04. The maximum absolute atomic E-state index is 11.2. The summed E-state index contributed by atoms with van der Waals surface area (Å²) in [6.07, 6.45) is 7.99. The second-order valence-corrected chi connectivity index (χ2v) is 8.47. The number of ether oxygens (including phenoxy) is 1. The van der Waals surface area contributed by atoms with Crippen molar-refractivity contribution in [2.45, 2.75) is 45.8 Å². The number of carbonyl (C=O) groups excluding carboxylic acids is 1. The van der Waals surface area contributed by atoms with Crippen molar-refractivity contribution in [2.75, 3.05) is 13.2 Å². The predicted molar refractivity (Wildman–Crippen MR) is 122 cm³/mol. The Hall–Kier alpha value is -3.14. The Morgan fingerprint density at radius 2 is 1.81 bits per heavy atom. The SMILES string of the molecule is CC(C)(O)C#Cc1ccc(OCCN(C=O)OC(C)(C)C)c(/C=C/c2ccncc2)c1. The molecule has 6 nitrogen and oxygen atoms in total. The Kier molecular flexibility index (Phi) is 8.38. The van der Waals surface area contributed by atoms with Crippen LogP contribution in [0.25, 0.3) is 12.2 Å². The fourth-order valence-electron chi connectivity index (χ4n) is 2.49. The molecule has 1 aromatic carbocycles. The summed E-state index contributed by atoms with van der Waals surface area (Å²) in [5, 5.41) is 11.1. The molecule has 0 radical (unpaired) electrons. The van der Waals surface area contributed by atoms with Gasteiger partial charge in [-0.05, 0) is 70.5 Å². The number of benzene rings is 1. The summed E-state index contributed by atoms with van der Waals surface area (Å²) in [6, 6.07) is 9.37. The molecule has 2 aromatic rings. The van der Waals surface area contributed by atoms with E-state index in [4.69, 9.17) is 9.57 Å². The summed E-state index contributed by atoms with van der Waals surface area (Å²) in [7, 11) is 0. The van der Waals surface area contributed by atoms with Gasteiger partial charge in [-0.15, -0.1) is 0 Å². The van der Waals surface area contributed by atoms with Gasteiger partial charge in [0, 0.05) is 23.5 Å². The van der Waals surface area contributed by atoms with Crippen LogP contribution < -0.4 is 4.74 Å². The van der Waals surface area contributed by atoms with E-state index < -0.39 is 11.2 Å². The number of hydrogen-bond donors (Lipinski definition) is 1. The molecule has 31 heavy (non-hydrogen) atoms. The van der Waals surface area contributed by atoms with Gasteiger partial charge in [0.15, 0.2) is 0 Å². The van der Waals surface area contributed by atoms with Crippen molar-refractivity contribution in [1.82, 2.24) is 10.0 Å². The molecule has 0 fully saturated rings. The van der Waals surface area contributed by atoms with E-state index in [9.17, 15) is 9.90 Å². The van der Waals surface area contributed by atoms with Gasteiger partial charge in [-0.2, -0.15) is 0 Å². The van der Waals surface area contributed by atoms with Crippen LogP contribution in [0.5, 0.6) is 5.75 Å². The number of pyridine rings is 1. The molecule has 1 amide bonds. The van der Waals surface area contributed by atoms with Crippen molar-refractivity contribution in [2.24, 2.45) is 0 Å². The van der Waals surface area contributed by atoms with E-state index >= 15 is 0 Å². The summed E-state index contributed by atoms with van der Waals surface area (Å²) in [4.78, 5) is 20.8. The van der Waals surface area contributed by atoms with Crippen LogP contribution in [-0.4, -0.2) is 45.9 Å². The van der Waals surface area contributed by atoms with E-state index in [0.29, 0.717) is 12.2 Å². The molecule has 0 aliphatic rings. The van der Waals surface area contributed by atoms with Gasteiger partial charge in [0.05, 0.1) is 12.1 Å². The maximum atomic E-state index is 11.2. The molecule has 1 heterocycles. The summed E-state index contributed by atoms with van der Waals surface area (Å²) in [6.45, 7) is 9.45. The molecule has 1 aromatic heterocycles. The number of aromatic nitrogens is 1. The largest absolute Gasteiger partial charge is 0.491 e. The highest BCUT2D eigenvalue weighted by atomic mass is 16.7. The number of nitrogens with zero attached hydrogens (tertiary/aromatic N) is 2. The van der Waals surface area contributed by atoms with Crippen molar-refractivity contribution >= 4 is 18.6 Å². The highest BCUT2D eigenvalue weighted by molar-refractivity contribution is 5.73. The molecule has 0 aliphatic heterocycles. The van der Waals surface area contributed by atoms with Crippen LogP contribution in [0.15, 0.2) is 42.7 Å². The minimum Gasteiger partial charge on any atom is -0.491 e. The third-order valence-corrected chi connectivity index (χ3v) is 3.76. The van der Waals surface area contributed by atoms with Gasteiger partial charge in [-0.1, -0.05) is 24.0 Å². The Balaban J connectivity index is 2.20. The van der Waals surface area contributed by atoms with E-state index in [1.165, 1.54) is 5.06 Å². The van der Waals surface area contributed by atoms with Gasteiger partial charge in [0.1, 0.15) is 18.0 Å². The van der Waals surface area contributed by atoms with Gasteiger partial charge in [0.2, 0.25) is 6.41 Å². The summed E-state index contributed by atoms with van der Waals surface area (Å²) < 4.78 is 5.93. The zero-order valence-electron chi connectivity index (χ0n) is 18.8. The molecule has 2 rings (SSSR count). The minimum atomic E-state index is -1.08. The van der Waals surface area contributed by atoms with Gasteiger partial charge in [0.25, 0.3) is 0 Å².